The normalized spacial score (nSPS) is 20.0. The van der Waals surface area contributed by atoms with Gasteiger partial charge in [0, 0.05) is 18.7 Å². The molecule has 1 saturated heterocycles. The number of nitrogens with one attached hydrogen (secondary N) is 1. The molecule has 0 spiro atoms. The molecule has 3 aromatic rings. The van der Waals surface area contributed by atoms with Gasteiger partial charge in [-0.15, -0.1) is 0 Å². The number of nitrogens with zero attached hydrogens (tertiary/aromatic N) is 2. The van der Waals surface area contributed by atoms with Crippen molar-refractivity contribution >= 4 is 42.6 Å². The van der Waals surface area contributed by atoms with Crippen molar-refractivity contribution < 1.29 is 13.2 Å². The molecule has 2 aromatic carbocycles. The number of hydrogen-bond acceptors (Lipinski definition) is 5. The van der Waals surface area contributed by atoms with E-state index in [1.807, 2.05) is 6.07 Å². The van der Waals surface area contributed by atoms with Crippen LogP contribution in [0.25, 0.3) is 10.2 Å². The largest absolute Gasteiger partial charge is 0.298 e. The molecule has 8 heteroatoms. The minimum atomic E-state index is -3.57. The van der Waals surface area contributed by atoms with E-state index in [1.165, 1.54) is 29.0 Å². The number of sulfonamides is 1. The van der Waals surface area contributed by atoms with Gasteiger partial charge < -0.3 is 0 Å². The number of thiazole rings is 1. The van der Waals surface area contributed by atoms with Gasteiger partial charge in [-0.3, -0.25) is 10.1 Å². The first-order chi connectivity index (χ1) is 15.1. The Balaban J connectivity index is 1.49. The summed E-state index contributed by atoms with van der Waals surface area (Å²) in [6.07, 6.45) is 1.04. The molecule has 1 aliphatic rings. The molecule has 170 valence electrons. The Morgan fingerprint density at radius 2 is 1.75 bits per heavy atom. The van der Waals surface area contributed by atoms with Gasteiger partial charge in [-0.25, -0.2) is 13.4 Å². The Labute approximate surface area is 193 Å². The van der Waals surface area contributed by atoms with Crippen LogP contribution in [0.2, 0.25) is 0 Å². The van der Waals surface area contributed by atoms with Crippen LogP contribution in [0.1, 0.15) is 56.0 Å². The summed E-state index contributed by atoms with van der Waals surface area (Å²) in [4.78, 5) is 17.4. The van der Waals surface area contributed by atoms with Gasteiger partial charge in [-0.2, -0.15) is 4.31 Å². The number of fused-ring (bicyclic) bond motifs is 1. The van der Waals surface area contributed by atoms with Crippen LogP contribution in [-0.4, -0.2) is 36.7 Å². The molecule has 1 amide bonds. The van der Waals surface area contributed by atoms with Gasteiger partial charge in [0.1, 0.15) is 0 Å². The van der Waals surface area contributed by atoms with E-state index in [9.17, 15) is 13.2 Å². The predicted octanol–water partition coefficient (Wildman–Crippen LogP) is 5.34. The second kappa shape index (κ2) is 8.92. The van der Waals surface area contributed by atoms with Crippen molar-refractivity contribution in [3.63, 3.8) is 0 Å². The molecule has 6 nitrogen and oxygen atoms in total. The first-order valence-electron chi connectivity index (χ1n) is 11.0. The lowest BCUT2D eigenvalue weighted by Gasteiger charge is -2.34. The number of piperidine rings is 1. The van der Waals surface area contributed by atoms with Crippen LogP contribution >= 0.6 is 11.3 Å². The molecule has 1 aromatic heterocycles. The average molecular weight is 472 g/mol. The van der Waals surface area contributed by atoms with Crippen LogP contribution in [0, 0.1) is 11.8 Å². The number of benzene rings is 2. The number of carbonyl (C=O) groups excluding carboxylic acids is 1. The summed E-state index contributed by atoms with van der Waals surface area (Å²) in [7, 11) is -3.57. The average Bonchev–Trinajstić information content (AvgIpc) is 3.14. The number of carbonyl (C=O) groups is 1. The zero-order valence-electron chi connectivity index (χ0n) is 18.8. The minimum absolute atomic E-state index is 0.219. The first-order valence-corrected chi connectivity index (χ1v) is 13.2. The number of anilines is 1. The van der Waals surface area contributed by atoms with E-state index in [0.717, 1.165) is 16.6 Å². The van der Waals surface area contributed by atoms with Crippen molar-refractivity contribution in [2.45, 2.75) is 44.9 Å². The molecule has 1 N–H and O–H groups in total. The zero-order valence-corrected chi connectivity index (χ0v) is 20.5. The molecule has 1 fully saturated rings. The van der Waals surface area contributed by atoms with Crippen LogP contribution in [0.4, 0.5) is 5.13 Å². The topological polar surface area (TPSA) is 79.4 Å². The Morgan fingerprint density at radius 1 is 1.09 bits per heavy atom. The summed E-state index contributed by atoms with van der Waals surface area (Å²) in [5.74, 6) is 0.788. The third-order valence-corrected chi connectivity index (χ3v) is 8.67. The quantitative estimate of drug-likeness (QED) is 0.545. The highest BCUT2D eigenvalue weighted by atomic mass is 32.2. The van der Waals surface area contributed by atoms with Gasteiger partial charge in [0.15, 0.2) is 5.13 Å². The molecule has 0 aliphatic carbocycles. The monoisotopic (exact) mass is 471 g/mol. The Kier molecular flexibility index (Phi) is 6.38. The maximum Gasteiger partial charge on any atom is 0.257 e. The molecule has 32 heavy (non-hydrogen) atoms. The summed E-state index contributed by atoms with van der Waals surface area (Å²) in [6, 6.07) is 12.3. The van der Waals surface area contributed by atoms with Crippen LogP contribution in [0.3, 0.4) is 0 Å². The predicted molar refractivity (Wildman–Crippen MR) is 130 cm³/mol. The Hall–Kier alpha value is -2.29. The molecule has 0 saturated carbocycles. The maximum atomic E-state index is 13.0. The molecule has 1 aliphatic heterocycles. The van der Waals surface area contributed by atoms with Gasteiger partial charge in [-0.05, 0) is 66.1 Å². The number of rotatable bonds is 5. The number of amides is 1. The van der Waals surface area contributed by atoms with E-state index >= 15 is 0 Å². The fraction of sp³-hybridized carbons (Fsp3) is 0.417. The minimum Gasteiger partial charge on any atom is -0.298 e. The van der Waals surface area contributed by atoms with Crippen LogP contribution in [0.15, 0.2) is 47.4 Å². The molecule has 2 heterocycles. The van der Waals surface area contributed by atoms with E-state index in [2.05, 4.69) is 50.1 Å². The van der Waals surface area contributed by atoms with Crippen LogP contribution < -0.4 is 5.32 Å². The van der Waals surface area contributed by atoms with Gasteiger partial charge in [0.05, 0.1) is 15.1 Å². The van der Waals surface area contributed by atoms with Crippen LogP contribution in [-0.2, 0) is 10.0 Å². The summed E-state index contributed by atoms with van der Waals surface area (Å²) < 4.78 is 28.7. The van der Waals surface area contributed by atoms with E-state index in [0.29, 0.717) is 41.5 Å². The fourth-order valence-electron chi connectivity index (χ4n) is 4.25. The lowest BCUT2D eigenvalue weighted by Crippen LogP contribution is -2.42. The van der Waals surface area contributed by atoms with Crippen molar-refractivity contribution in [2.75, 3.05) is 18.4 Å². The number of aromatic nitrogens is 1. The van der Waals surface area contributed by atoms with Crippen molar-refractivity contribution in [3.05, 3.63) is 53.6 Å². The molecule has 0 bridgehead atoms. The fourth-order valence-corrected chi connectivity index (χ4v) is 6.84. The van der Waals surface area contributed by atoms with Gasteiger partial charge in [-0.1, -0.05) is 45.1 Å². The zero-order chi connectivity index (χ0) is 23.0. The van der Waals surface area contributed by atoms with E-state index in [1.54, 1.807) is 16.4 Å². The summed E-state index contributed by atoms with van der Waals surface area (Å²) in [5.41, 5.74) is 2.47. The summed E-state index contributed by atoms with van der Waals surface area (Å²) in [5, 5.41) is 3.36. The van der Waals surface area contributed by atoms with Gasteiger partial charge >= 0.3 is 0 Å². The second-order valence-electron chi connectivity index (χ2n) is 9.15. The molecule has 4 rings (SSSR count). The summed E-state index contributed by atoms with van der Waals surface area (Å²) in [6.45, 7) is 9.51. The lowest BCUT2D eigenvalue weighted by atomic mass is 9.94. The molecule has 2 atom stereocenters. The number of hydrogen-bond donors (Lipinski definition) is 1. The van der Waals surface area contributed by atoms with E-state index in [-0.39, 0.29) is 10.8 Å². The first kappa shape index (κ1) is 22.9. The third kappa shape index (κ3) is 4.72. The van der Waals surface area contributed by atoms with E-state index < -0.39 is 10.0 Å². The standard InChI is InChI=1S/C24H29N3O3S2/c1-15(2)19-7-10-21-22(12-19)31-24(25-21)26-23(28)18-5-8-20(9-6-18)32(29,30)27-13-16(3)11-17(4)14-27/h5-10,12,15-17H,11,13-14H2,1-4H3,(H,25,26,28)/t16-,17-/m1/s1. The van der Waals surface area contributed by atoms with Crippen molar-refractivity contribution in [2.24, 2.45) is 11.8 Å². The van der Waals surface area contributed by atoms with Crippen molar-refractivity contribution in [3.8, 4) is 0 Å². The second-order valence-corrected chi connectivity index (χ2v) is 12.1. The highest BCUT2D eigenvalue weighted by Crippen LogP contribution is 2.30. The maximum absolute atomic E-state index is 13.0. The smallest absolute Gasteiger partial charge is 0.257 e. The van der Waals surface area contributed by atoms with Crippen molar-refractivity contribution in [1.82, 2.24) is 9.29 Å². The van der Waals surface area contributed by atoms with E-state index in [4.69, 9.17) is 0 Å². The highest BCUT2D eigenvalue weighted by molar-refractivity contribution is 7.89. The highest BCUT2D eigenvalue weighted by Gasteiger charge is 2.31. The molecule has 0 unspecified atom stereocenters. The Bertz CT molecular complexity index is 1220. The Morgan fingerprint density at radius 3 is 2.38 bits per heavy atom. The SMILES string of the molecule is CC(C)c1ccc2nc(NC(=O)c3ccc(S(=O)(=O)N4C[C@H](C)C[C@@H](C)C4)cc3)sc2c1. The summed E-state index contributed by atoms with van der Waals surface area (Å²) >= 11 is 1.43. The lowest BCUT2D eigenvalue weighted by molar-refractivity contribution is 0.102. The molecule has 0 radical (unpaired) electrons. The van der Waals surface area contributed by atoms with Gasteiger partial charge in [0.25, 0.3) is 5.91 Å². The molecular formula is C24H29N3O3S2. The van der Waals surface area contributed by atoms with Gasteiger partial charge in [0.2, 0.25) is 10.0 Å². The third-order valence-electron chi connectivity index (χ3n) is 5.89. The van der Waals surface area contributed by atoms with Crippen LogP contribution in [0.5, 0.6) is 0 Å². The molecular weight excluding hydrogens is 442 g/mol. The van der Waals surface area contributed by atoms with Crippen molar-refractivity contribution in [1.29, 1.82) is 0 Å².